The third-order valence-corrected chi connectivity index (χ3v) is 2.52. The van der Waals surface area contributed by atoms with E-state index < -0.39 is 0 Å². The van der Waals surface area contributed by atoms with E-state index in [0.29, 0.717) is 13.3 Å². The molecule has 0 atom stereocenters. The fourth-order valence-electron chi connectivity index (χ4n) is 1.88. The van der Waals surface area contributed by atoms with Crippen molar-refractivity contribution in [2.45, 2.75) is 6.61 Å². The van der Waals surface area contributed by atoms with Crippen LogP contribution in [0.2, 0.25) is 0 Å². The maximum Gasteiger partial charge on any atom is 0.164 e. The van der Waals surface area contributed by atoms with E-state index in [1.54, 1.807) is 6.20 Å². The minimum atomic E-state index is 0.598. The predicted molar refractivity (Wildman–Crippen MR) is 55.4 cm³/mol. The summed E-state index contributed by atoms with van der Waals surface area (Å²) in [5.41, 5.74) is 2.95. The number of hydrogen-bond acceptors (Lipinski definition) is 5. The number of hydrogen-bond donors (Lipinski definition) is 0. The first kappa shape index (κ1) is 8.55. The van der Waals surface area contributed by atoms with E-state index >= 15 is 0 Å². The van der Waals surface area contributed by atoms with Gasteiger partial charge in [-0.1, -0.05) is 0 Å². The molecule has 15 heavy (non-hydrogen) atoms. The zero-order valence-corrected chi connectivity index (χ0v) is 8.34. The van der Waals surface area contributed by atoms with Crippen molar-refractivity contribution in [1.82, 2.24) is 15.0 Å². The Hall–Kier alpha value is -1.75. The lowest BCUT2D eigenvalue weighted by Gasteiger charge is -2.27. The first-order valence-corrected chi connectivity index (χ1v) is 4.73. The Morgan fingerprint density at radius 3 is 3.20 bits per heavy atom. The van der Waals surface area contributed by atoms with Crippen LogP contribution in [0.4, 0.5) is 5.69 Å². The highest BCUT2D eigenvalue weighted by Crippen LogP contribution is 2.30. The Morgan fingerprint density at radius 2 is 2.27 bits per heavy atom. The highest BCUT2D eigenvalue weighted by atomic mass is 16.5. The standard InChI is InChI=1S/C10H10N4O/c1-14-6-15-4-7-2-12-10-8(9(7)14)3-11-5-13-10/h2-3,5H,4,6H2,1H3. The largest absolute Gasteiger partial charge is 0.356 e. The number of rotatable bonds is 0. The topological polar surface area (TPSA) is 51.1 Å². The summed E-state index contributed by atoms with van der Waals surface area (Å²) in [6, 6.07) is 0. The lowest BCUT2D eigenvalue weighted by Crippen LogP contribution is -2.27. The fourth-order valence-corrected chi connectivity index (χ4v) is 1.88. The third kappa shape index (κ3) is 1.24. The zero-order valence-electron chi connectivity index (χ0n) is 8.34. The molecule has 1 aliphatic rings. The van der Waals surface area contributed by atoms with Gasteiger partial charge in [0, 0.05) is 25.0 Å². The molecule has 0 fully saturated rings. The molecule has 3 heterocycles. The van der Waals surface area contributed by atoms with Gasteiger partial charge < -0.3 is 9.64 Å². The third-order valence-electron chi connectivity index (χ3n) is 2.52. The molecule has 2 aromatic heterocycles. The van der Waals surface area contributed by atoms with Gasteiger partial charge >= 0.3 is 0 Å². The van der Waals surface area contributed by atoms with E-state index in [2.05, 4.69) is 15.0 Å². The van der Waals surface area contributed by atoms with E-state index in [4.69, 9.17) is 4.74 Å². The molecule has 0 saturated carbocycles. The molecule has 0 aliphatic carbocycles. The average Bonchev–Trinajstić information content (AvgIpc) is 2.29. The molecular formula is C10H10N4O. The van der Waals surface area contributed by atoms with Crippen molar-refractivity contribution < 1.29 is 4.74 Å². The SMILES string of the molecule is CN1COCc2cnc3ncncc3c21. The van der Waals surface area contributed by atoms with Gasteiger partial charge in [-0.15, -0.1) is 0 Å². The number of anilines is 1. The van der Waals surface area contributed by atoms with E-state index in [1.165, 1.54) is 6.33 Å². The van der Waals surface area contributed by atoms with E-state index in [9.17, 15) is 0 Å². The molecule has 0 unspecified atom stereocenters. The molecule has 5 heteroatoms. The van der Waals surface area contributed by atoms with Crippen molar-refractivity contribution in [1.29, 1.82) is 0 Å². The smallest absolute Gasteiger partial charge is 0.164 e. The molecule has 0 saturated heterocycles. The molecule has 0 amide bonds. The minimum absolute atomic E-state index is 0.598. The second-order valence-electron chi connectivity index (χ2n) is 3.57. The molecule has 1 aliphatic heterocycles. The summed E-state index contributed by atoms with van der Waals surface area (Å²) < 4.78 is 5.40. The normalized spacial score (nSPS) is 15.4. The van der Waals surface area contributed by atoms with Crippen molar-refractivity contribution in [3.63, 3.8) is 0 Å². The maximum atomic E-state index is 5.40. The van der Waals surface area contributed by atoms with Crippen LogP contribution in [0.25, 0.3) is 11.0 Å². The number of nitrogens with zero attached hydrogens (tertiary/aromatic N) is 4. The Kier molecular flexibility index (Phi) is 1.78. The molecule has 0 radical (unpaired) electrons. The monoisotopic (exact) mass is 202 g/mol. The van der Waals surface area contributed by atoms with Crippen LogP contribution >= 0.6 is 0 Å². The Morgan fingerprint density at radius 1 is 1.33 bits per heavy atom. The summed E-state index contributed by atoms with van der Waals surface area (Å²) in [5.74, 6) is 0. The van der Waals surface area contributed by atoms with Crippen molar-refractivity contribution >= 4 is 16.7 Å². The van der Waals surface area contributed by atoms with Crippen LogP contribution in [0.3, 0.4) is 0 Å². The van der Waals surface area contributed by atoms with Crippen molar-refractivity contribution in [2.75, 3.05) is 18.7 Å². The first-order valence-electron chi connectivity index (χ1n) is 4.73. The molecule has 0 aromatic carbocycles. The van der Waals surface area contributed by atoms with Crippen LogP contribution in [0.5, 0.6) is 0 Å². The van der Waals surface area contributed by atoms with Crippen molar-refractivity contribution in [3.05, 3.63) is 24.3 Å². The van der Waals surface area contributed by atoms with Gasteiger partial charge in [0.25, 0.3) is 0 Å². The molecule has 2 aromatic rings. The van der Waals surface area contributed by atoms with Crippen LogP contribution in [0.1, 0.15) is 5.56 Å². The van der Waals surface area contributed by atoms with E-state index in [0.717, 1.165) is 22.3 Å². The van der Waals surface area contributed by atoms with Gasteiger partial charge in [0.15, 0.2) is 5.65 Å². The molecule has 76 valence electrons. The van der Waals surface area contributed by atoms with Crippen molar-refractivity contribution in [3.8, 4) is 0 Å². The van der Waals surface area contributed by atoms with Crippen LogP contribution in [-0.2, 0) is 11.3 Å². The molecular weight excluding hydrogens is 192 g/mol. The van der Waals surface area contributed by atoms with Gasteiger partial charge in [-0.25, -0.2) is 15.0 Å². The van der Waals surface area contributed by atoms with Crippen LogP contribution in [0.15, 0.2) is 18.7 Å². The summed E-state index contributed by atoms with van der Waals surface area (Å²) in [6.45, 7) is 1.21. The molecule has 3 rings (SSSR count). The van der Waals surface area contributed by atoms with Gasteiger partial charge in [-0.2, -0.15) is 0 Å². The van der Waals surface area contributed by atoms with Gasteiger partial charge in [0.2, 0.25) is 0 Å². The molecule has 0 N–H and O–H groups in total. The quantitative estimate of drug-likeness (QED) is 0.636. The summed E-state index contributed by atoms with van der Waals surface area (Å²) in [4.78, 5) is 14.5. The number of pyridine rings is 1. The Balaban J connectivity index is 2.35. The molecule has 0 spiro atoms. The first-order chi connectivity index (χ1) is 7.36. The van der Waals surface area contributed by atoms with E-state index in [-0.39, 0.29) is 0 Å². The summed E-state index contributed by atoms with van der Waals surface area (Å²) in [7, 11) is 1.99. The van der Waals surface area contributed by atoms with Crippen LogP contribution < -0.4 is 4.90 Å². The number of ether oxygens (including phenoxy) is 1. The second kappa shape index (κ2) is 3.13. The van der Waals surface area contributed by atoms with Crippen molar-refractivity contribution in [2.24, 2.45) is 0 Å². The molecule has 5 nitrogen and oxygen atoms in total. The van der Waals surface area contributed by atoms with Crippen LogP contribution in [-0.4, -0.2) is 28.7 Å². The number of aromatic nitrogens is 3. The number of fused-ring (bicyclic) bond motifs is 3. The zero-order chi connectivity index (χ0) is 10.3. The Bertz CT molecular complexity index is 514. The van der Waals surface area contributed by atoms with Gasteiger partial charge in [-0.3, -0.25) is 0 Å². The minimum Gasteiger partial charge on any atom is -0.356 e. The highest BCUT2D eigenvalue weighted by Gasteiger charge is 2.17. The van der Waals surface area contributed by atoms with Gasteiger partial charge in [0.1, 0.15) is 13.1 Å². The second-order valence-corrected chi connectivity index (χ2v) is 3.57. The summed E-state index contributed by atoms with van der Waals surface area (Å²) in [6.07, 6.45) is 5.14. The Labute approximate surface area is 86.7 Å². The summed E-state index contributed by atoms with van der Waals surface area (Å²) >= 11 is 0. The molecule has 0 bridgehead atoms. The van der Waals surface area contributed by atoms with Gasteiger partial charge in [0.05, 0.1) is 17.7 Å². The van der Waals surface area contributed by atoms with Gasteiger partial charge in [-0.05, 0) is 0 Å². The van der Waals surface area contributed by atoms with Crippen LogP contribution in [0, 0.1) is 0 Å². The fraction of sp³-hybridized carbons (Fsp3) is 0.300. The average molecular weight is 202 g/mol. The lowest BCUT2D eigenvalue weighted by molar-refractivity contribution is 0.114. The lowest BCUT2D eigenvalue weighted by atomic mass is 10.1. The maximum absolute atomic E-state index is 5.40. The highest BCUT2D eigenvalue weighted by molar-refractivity contribution is 5.90. The van der Waals surface area contributed by atoms with E-state index in [1.807, 2.05) is 18.1 Å². The predicted octanol–water partition coefficient (Wildman–Crippen LogP) is 0.949. The summed E-state index contributed by atoms with van der Waals surface area (Å²) in [5, 5.41) is 0.987.